The van der Waals surface area contributed by atoms with Gasteiger partial charge in [0.05, 0.1) is 23.6 Å². The molecule has 0 aliphatic rings. The summed E-state index contributed by atoms with van der Waals surface area (Å²) in [6.07, 6.45) is 6.06. The van der Waals surface area contributed by atoms with Gasteiger partial charge >= 0.3 is 0 Å². The van der Waals surface area contributed by atoms with E-state index in [2.05, 4.69) is 53.6 Å². The van der Waals surface area contributed by atoms with E-state index in [-0.39, 0.29) is 6.04 Å². The molecule has 0 radical (unpaired) electrons. The first-order valence-corrected chi connectivity index (χ1v) is 7.78. The summed E-state index contributed by atoms with van der Waals surface area (Å²) < 4.78 is 2.01. The molecule has 0 aliphatic carbocycles. The minimum absolute atomic E-state index is 0.129. The zero-order valence-electron chi connectivity index (χ0n) is 13.4. The van der Waals surface area contributed by atoms with Gasteiger partial charge in [-0.2, -0.15) is 15.3 Å². The fourth-order valence-corrected chi connectivity index (χ4v) is 2.55. The average molecular weight is 287 g/mol. The summed E-state index contributed by atoms with van der Waals surface area (Å²) in [5.74, 6) is 0. The lowest BCUT2D eigenvalue weighted by Gasteiger charge is -2.19. The van der Waals surface area contributed by atoms with Gasteiger partial charge in [-0.1, -0.05) is 20.8 Å². The second-order valence-electron chi connectivity index (χ2n) is 5.27. The van der Waals surface area contributed by atoms with Gasteiger partial charge in [-0.15, -0.1) is 0 Å². The van der Waals surface area contributed by atoms with E-state index in [1.54, 1.807) is 0 Å². The van der Waals surface area contributed by atoms with Gasteiger partial charge in [-0.25, -0.2) is 0 Å². The highest BCUT2D eigenvalue weighted by molar-refractivity contribution is 5.33. The van der Waals surface area contributed by atoms with Gasteiger partial charge in [0, 0.05) is 18.3 Å². The Morgan fingerprint density at radius 2 is 2.05 bits per heavy atom. The molecule has 114 valence electrons. The van der Waals surface area contributed by atoms with Crippen LogP contribution < -0.4 is 5.32 Å². The van der Waals surface area contributed by atoms with E-state index in [9.17, 15) is 0 Å². The van der Waals surface area contributed by atoms with Crippen molar-refractivity contribution in [1.29, 1.82) is 0 Å². The van der Waals surface area contributed by atoms with Crippen molar-refractivity contribution in [3.63, 3.8) is 0 Å². The Hall–Kier alpha value is -1.75. The van der Waals surface area contributed by atoms with Crippen molar-refractivity contribution >= 4 is 0 Å². The Balaban J connectivity index is 2.39. The molecule has 1 atom stereocenters. The first-order valence-electron chi connectivity index (χ1n) is 7.78. The van der Waals surface area contributed by atoms with Crippen LogP contribution in [0.5, 0.6) is 0 Å². The molecule has 0 bridgehead atoms. The zero-order chi connectivity index (χ0) is 15.2. The normalized spacial score (nSPS) is 12.6. The molecule has 0 aliphatic heterocycles. The maximum Gasteiger partial charge on any atom is 0.0679 e. The van der Waals surface area contributed by atoms with Crippen molar-refractivity contribution in [2.24, 2.45) is 0 Å². The molecule has 2 aromatic rings. The van der Waals surface area contributed by atoms with Gasteiger partial charge in [0.1, 0.15) is 0 Å². The molecule has 5 nitrogen and oxygen atoms in total. The van der Waals surface area contributed by atoms with Crippen LogP contribution in [0, 0.1) is 6.92 Å². The molecule has 1 N–H and O–H groups in total. The second kappa shape index (κ2) is 7.31. The molecule has 5 heteroatoms. The van der Waals surface area contributed by atoms with Crippen LogP contribution >= 0.6 is 0 Å². The highest BCUT2D eigenvalue weighted by atomic mass is 15.3. The summed E-state index contributed by atoms with van der Waals surface area (Å²) in [7, 11) is 0. The number of nitrogens with one attached hydrogen (secondary N) is 1. The van der Waals surface area contributed by atoms with Gasteiger partial charge in [0.15, 0.2) is 0 Å². The summed E-state index contributed by atoms with van der Waals surface area (Å²) >= 11 is 0. The van der Waals surface area contributed by atoms with Crippen LogP contribution in [0.25, 0.3) is 0 Å². The molecule has 0 saturated heterocycles. The van der Waals surface area contributed by atoms with Crippen LogP contribution in [0.3, 0.4) is 0 Å². The van der Waals surface area contributed by atoms with E-state index >= 15 is 0 Å². The van der Waals surface area contributed by atoms with Gasteiger partial charge in [-0.05, 0) is 37.9 Å². The third-order valence-electron chi connectivity index (χ3n) is 3.52. The molecule has 2 aromatic heterocycles. The van der Waals surface area contributed by atoms with Crippen molar-refractivity contribution in [2.75, 3.05) is 6.54 Å². The molecule has 1 unspecified atom stereocenters. The standard InChI is InChI=1S/C16H25N5/c1-5-8-21-11-13(10-18-21)16(17-7-3)14-9-12(4)19-20-15(14)6-2/h9-11,16-17H,5-8H2,1-4H3. The van der Waals surface area contributed by atoms with Crippen LogP contribution in [0.15, 0.2) is 18.5 Å². The predicted octanol–water partition coefficient (Wildman–Crippen LogP) is 2.65. The highest BCUT2D eigenvalue weighted by Gasteiger charge is 2.19. The molecule has 21 heavy (non-hydrogen) atoms. The van der Waals surface area contributed by atoms with Gasteiger partial charge in [0.25, 0.3) is 0 Å². The quantitative estimate of drug-likeness (QED) is 0.850. The smallest absolute Gasteiger partial charge is 0.0679 e. The van der Waals surface area contributed by atoms with E-state index in [0.717, 1.165) is 37.3 Å². The Bertz CT molecular complexity index is 576. The average Bonchev–Trinajstić information content (AvgIpc) is 2.93. The monoisotopic (exact) mass is 287 g/mol. The number of aromatic nitrogens is 4. The predicted molar refractivity (Wildman–Crippen MR) is 84.2 cm³/mol. The summed E-state index contributed by atoms with van der Waals surface area (Å²) in [6.45, 7) is 10.2. The van der Waals surface area contributed by atoms with Gasteiger partial charge in [-0.3, -0.25) is 4.68 Å². The lowest BCUT2D eigenvalue weighted by molar-refractivity contribution is 0.595. The number of rotatable bonds is 7. The molecular formula is C16H25N5. The minimum Gasteiger partial charge on any atom is -0.306 e. The Morgan fingerprint density at radius 3 is 2.71 bits per heavy atom. The van der Waals surface area contributed by atoms with Crippen LogP contribution in [-0.2, 0) is 13.0 Å². The SMILES string of the molecule is CCCn1cc(C(NCC)c2cc(C)nnc2CC)cn1. The van der Waals surface area contributed by atoms with Crippen LogP contribution in [0.2, 0.25) is 0 Å². The van der Waals surface area contributed by atoms with Crippen molar-refractivity contribution in [3.8, 4) is 0 Å². The van der Waals surface area contributed by atoms with E-state index in [4.69, 9.17) is 0 Å². The van der Waals surface area contributed by atoms with E-state index < -0.39 is 0 Å². The topological polar surface area (TPSA) is 55.6 Å². The number of nitrogens with zero attached hydrogens (tertiary/aromatic N) is 4. The van der Waals surface area contributed by atoms with Crippen LogP contribution in [0.1, 0.15) is 55.7 Å². The molecular weight excluding hydrogens is 262 g/mol. The molecule has 0 aromatic carbocycles. The van der Waals surface area contributed by atoms with Crippen LogP contribution in [0.4, 0.5) is 0 Å². The second-order valence-corrected chi connectivity index (χ2v) is 5.27. The number of hydrogen-bond acceptors (Lipinski definition) is 4. The number of aryl methyl sites for hydroxylation is 3. The minimum atomic E-state index is 0.129. The maximum absolute atomic E-state index is 4.45. The molecule has 2 rings (SSSR count). The summed E-state index contributed by atoms with van der Waals surface area (Å²) in [5.41, 5.74) is 4.40. The van der Waals surface area contributed by atoms with E-state index in [0.29, 0.717) is 0 Å². The molecule has 0 fully saturated rings. The molecule has 0 amide bonds. The summed E-state index contributed by atoms with van der Waals surface area (Å²) in [5, 5.41) is 16.5. The summed E-state index contributed by atoms with van der Waals surface area (Å²) in [4.78, 5) is 0. The van der Waals surface area contributed by atoms with Crippen molar-refractivity contribution in [2.45, 2.75) is 53.1 Å². The summed E-state index contributed by atoms with van der Waals surface area (Å²) in [6, 6.07) is 2.26. The highest BCUT2D eigenvalue weighted by Crippen LogP contribution is 2.24. The molecule has 0 saturated carbocycles. The fourth-order valence-electron chi connectivity index (χ4n) is 2.55. The Labute approximate surface area is 126 Å². The lowest BCUT2D eigenvalue weighted by atomic mass is 9.98. The van der Waals surface area contributed by atoms with E-state index in [1.807, 2.05) is 17.8 Å². The largest absolute Gasteiger partial charge is 0.306 e. The van der Waals surface area contributed by atoms with Gasteiger partial charge in [0.2, 0.25) is 0 Å². The van der Waals surface area contributed by atoms with E-state index in [1.165, 1.54) is 11.1 Å². The van der Waals surface area contributed by atoms with Crippen molar-refractivity contribution in [3.05, 3.63) is 41.0 Å². The van der Waals surface area contributed by atoms with Crippen molar-refractivity contribution < 1.29 is 0 Å². The van der Waals surface area contributed by atoms with Crippen molar-refractivity contribution in [1.82, 2.24) is 25.3 Å². The third kappa shape index (κ3) is 3.67. The first-order chi connectivity index (χ1) is 10.2. The number of hydrogen-bond donors (Lipinski definition) is 1. The maximum atomic E-state index is 4.45. The Kier molecular flexibility index (Phi) is 5.44. The van der Waals surface area contributed by atoms with Gasteiger partial charge < -0.3 is 5.32 Å². The first kappa shape index (κ1) is 15.6. The lowest BCUT2D eigenvalue weighted by Crippen LogP contribution is -2.23. The zero-order valence-corrected chi connectivity index (χ0v) is 13.4. The molecule has 2 heterocycles. The molecule has 0 spiro atoms. The third-order valence-corrected chi connectivity index (χ3v) is 3.52. The Morgan fingerprint density at radius 1 is 1.24 bits per heavy atom. The fraction of sp³-hybridized carbons (Fsp3) is 0.562. The van der Waals surface area contributed by atoms with Crippen LogP contribution in [-0.4, -0.2) is 26.5 Å².